The number of carbonyl (C=O) groups excluding carboxylic acids is 1. The molecule has 0 unspecified atom stereocenters. The lowest BCUT2D eigenvalue weighted by Crippen LogP contribution is -2.05. The van der Waals surface area contributed by atoms with Gasteiger partial charge in [-0.1, -0.05) is 29.8 Å². The van der Waals surface area contributed by atoms with Crippen LogP contribution in [0.2, 0.25) is 0 Å². The fourth-order valence-corrected chi connectivity index (χ4v) is 1.43. The molecule has 0 fully saturated rings. The molecule has 0 bridgehead atoms. The summed E-state index contributed by atoms with van der Waals surface area (Å²) >= 11 is 0. The summed E-state index contributed by atoms with van der Waals surface area (Å²) in [6.45, 7) is 2.01. The minimum Gasteiger partial charge on any atom is -0.464 e. The Kier molecular flexibility index (Phi) is 3.14. The van der Waals surface area contributed by atoms with E-state index < -0.39 is 5.97 Å². The van der Waals surface area contributed by atoms with Gasteiger partial charge < -0.3 is 4.74 Å². The first kappa shape index (κ1) is 11.3. The third kappa shape index (κ3) is 2.47. The molecule has 0 spiro atoms. The molecule has 4 nitrogen and oxygen atoms in total. The zero-order valence-electron chi connectivity index (χ0n) is 9.68. The highest BCUT2D eigenvalue weighted by Crippen LogP contribution is 2.16. The number of rotatable bonds is 2. The summed E-state index contributed by atoms with van der Waals surface area (Å²) in [4.78, 5) is 19.5. The van der Waals surface area contributed by atoms with E-state index in [4.69, 9.17) is 0 Å². The van der Waals surface area contributed by atoms with Crippen LogP contribution in [0.5, 0.6) is 0 Å². The molecule has 0 saturated carbocycles. The van der Waals surface area contributed by atoms with Gasteiger partial charge in [-0.15, -0.1) is 0 Å². The number of esters is 1. The van der Waals surface area contributed by atoms with Crippen LogP contribution in [0.3, 0.4) is 0 Å². The largest absolute Gasteiger partial charge is 0.464 e. The summed E-state index contributed by atoms with van der Waals surface area (Å²) in [5, 5.41) is 0. The molecule has 4 heteroatoms. The highest BCUT2D eigenvalue weighted by Gasteiger charge is 2.09. The average Bonchev–Trinajstić information content (AvgIpc) is 2.39. The van der Waals surface area contributed by atoms with Crippen LogP contribution in [-0.4, -0.2) is 23.0 Å². The molecule has 17 heavy (non-hydrogen) atoms. The molecule has 2 aromatic rings. The Hall–Kier alpha value is -2.23. The number of hydrogen-bond donors (Lipinski definition) is 0. The quantitative estimate of drug-likeness (QED) is 0.740. The Balaban J connectivity index is 2.39. The lowest BCUT2D eigenvalue weighted by molar-refractivity contribution is 0.0593. The van der Waals surface area contributed by atoms with E-state index in [1.54, 1.807) is 6.20 Å². The van der Waals surface area contributed by atoms with Crippen LogP contribution in [0.4, 0.5) is 0 Å². The molecular weight excluding hydrogens is 216 g/mol. The van der Waals surface area contributed by atoms with Crippen molar-refractivity contribution in [1.82, 2.24) is 9.97 Å². The summed E-state index contributed by atoms with van der Waals surface area (Å²) in [5.74, 6) is -0.480. The van der Waals surface area contributed by atoms with E-state index in [9.17, 15) is 4.79 Å². The van der Waals surface area contributed by atoms with Crippen molar-refractivity contribution in [3.63, 3.8) is 0 Å². The van der Waals surface area contributed by atoms with E-state index in [0.717, 1.165) is 5.56 Å². The normalized spacial score (nSPS) is 10.0. The maximum absolute atomic E-state index is 11.3. The maximum Gasteiger partial charge on any atom is 0.358 e. The van der Waals surface area contributed by atoms with Crippen LogP contribution in [-0.2, 0) is 4.74 Å². The van der Waals surface area contributed by atoms with Gasteiger partial charge in [0.2, 0.25) is 0 Å². The minimum absolute atomic E-state index is 0.213. The zero-order chi connectivity index (χ0) is 12.3. The fraction of sp³-hybridized carbons (Fsp3) is 0.154. The van der Waals surface area contributed by atoms with Gasteiger partial charge in [0.15, 0.2) is 5.69 Å². The lowest BCUT2D eigenvalue weighted by Gasteiger charge is -2.03. The van der Waals surface area contributed by atoms with Gasteiger partial charge in [-0.3, -0.25) is 4.98 Å². The molecule has 86 valence electrons. The SMILES string of the molecule is COC(=O)c1cncc(-c2ccc(C)cc2)n1. The van der Waals surface area contributed by atoms with Gasteiger partial charge in [0.05, 0.1) is 25.2 Å². The Bertz CT molecular complexity index is 535. The van der Waals surface area contributed by atoms with Crippen LogP contribution in [0, 0.1) is 6.92 Å². The third-order valence-electron chi connectivity index (χ3n) is 2.38. The zero-order valence-corrected chi connectivity index (χ0v) is 9.68. The minimum atomic E-state index is -0.480. The predicted molar refractivity (Wildman–Crippen MR) is 63.5 cm³/mol. The van der Waals surface area contributed by atoms with Crippen LogP contribution in [0.1, 0.15) is 16.1 Å². The number of hydrogen-bond acceptors (Lipinski definition) is 4. The van der Waals surface area contributed by atoms with Gasteiger partial charge in [0.1, 0.15) is 0 Å². The Labute approximate surface area is 99.3 Å². The van der Waals surface area contributed by atoms with Crippen molar-refractivity contribution >= 4 is 5.97 Å². The van der Waals surface area contributed by atoms with E-state index >= 15 is 0 Å². The number of methoxy groups -OCH3 is 1. The second kappa shape index (κ2) is 4.74. The average molecular weight is 228 g/mol. The van der Waals surface area contributed by atoms with Gasteiger partial charge in [-0.25, -0.2) is 9.78 Å². The van der Waals surface area contributed by atoms with Crippen molar-refractivity contribution in [2.75, 3.05) is 7.11 Å². The van der Waals surface area contributed by atoms with Crippen LogP contribution >= 0.6 is 0 Å². The molecule has 0 aliphatic heterocycles. The second-order valence-corrected chi connectivity index (χ2v) is 3.65. The van der Waals surface area contributed by atoms with Crippen LogP contribution < -0.4 is 0 Å². The highest BCUT2D eigenvalue weighted by molar-refractivity contribution is 5.87. The van der Waals surface area contributed by atoms with Crippen LogP contribution in [0.15, 0.2) is 36.7 Å². The summed E-state index contributed by atoms with van der Waals surface area (Å²) in [5.41, 5.74) is 2.97. The number of carbonyl (C=O) groups is 1. The molecule has 1 aromatic carbocycles. The lowest BCUT2D eigenvalue weighted by atomic mass is 10.1. The number of ether oxygens (including phenoxy) is 1. The van der Waals surface area contributed by atoms with Crippen molar-refractivity contribution in [1.29, 1.82) is 0 Å². The van der Waals surface area contributed by atoms with Crippen molar-refractivity contribution in [2.45, 2.75) is 6.92 Å². The molecule has 0 aliphatic rings. The van der Waals surface area contributed by atoms with Gasteiger partial charge in [0.25, 0.3) is 0 Å². The summed E-state index contributed by atoms with van der Waals surface area (Å²) in [7, 11) is 1.32. The molecule has 0 N–H and O–H groups in total. The summed E-state index contributed by atoms with van der Waals surface area (Å²) < 4.78 is 4.60. The first-order chi connectivity index (χ1) is 8.20. The molecule has 1 aromatic heterocycles. The Morgan fingerprint density at radius 3 is 2.53 bits per heavy atom. The fourth-order valence-electron chi connectivity index (χ4n) is 1.43. The van der Waals surface area contributed by atoms with E-state index in [-0.39, 0.29) is 5.69 Å². The molecule has 0 atom stereocenters. The van der Waals surface area contributed by atoms with Crippen LogP contribution in [0.25, 0.3) is 11.3 Å². The monoisotopic (exact) mass is 228 g/mol. The second-order valence-electron chi connectivity index (χ2n) is 3.65. The molecule has 0 amide bonds. The highest BCUT2D eigenvalue weighted by atomic mass is 16.5. The van der Waals surface area contributed by atoms with Gasteiger partial charge in [-0.05, 0) is 6.92 Å². The first-order valence-corrected chi connectivity index (χ1v) is 5.18. The number of nitrogens with zero attached hydrogens (tertiary/aromatic N) is 2. The van der Waals surface area contributed by atoms with Gasteiger partial charge in [0, 0.05) is 5.56 Å². The van der Waals surface area contributed by atoms with Crippen molar-refractivity contribution in [3.05, 3.63) is 47.9 Å². The van der Waals surface area contributed by atoms with E-state index in [1.807, 2.05) is 31.2 Å². The Morgan fingerprint density at radius 2 is 1.88 bits per heavy atom. The molecule has 2 rings (SSSR count). The molecule has 0 radical (unpaired) electrons. The van der Waals surface area contributed by atoms with E-state index in [1.165, 1.54) is 18.9 Å². The molecule has 0 saturated heterocycles. The Morgan fingerprint density at radius 1 is 1.18 bits per heavy atom. The standard InChI is InChI=1S/C13H12N2O2/c1-9-3-5-10(6-4-9)11-7-14-8-12(15-11)13(16)17-2/h3-8H,1-2H3. The van der Waals surface area contributed by atoms with Gasteiger partial charge >= 0.3 is 5.97 Å². The topological polar surface area (TPSA) is 52.1 Å². The van der Waals surface area contributed by atoms with Crippen molar-refractivity contribution in [3.8, 4) is 11.3 Å². The summed E-state index contributed by atoms with van der Waals surface area (Å²) in [6.07, 6.45) is 3.01. The van der Waals surface area contributed by atoms with E-state index in [2.05, 4.69) is 14.7 Å². The number of benzene rings is 1. The van der Waals surface area contributed by atoms with Crippen molar-refractivity contribution in [2.24, 2.45) is 0 Å². The summed E-state index contributed by atoms with van der Waals surface area (Å²) in [6, 6.07) is 7.87. The molecular formula is C13H12N2O2. The molecule has 0 aliphatic carbocycles. The van der Waals surface area contributed by atoms with Gasteiger partial charge in [-0.2, -0.15) is 0 Å². The maximum atomic E-state index is 11.3. The predicted octanol–water partition coefficient (Wildman–Crippen LogP) is 2.24. The van der Waals surface area contributed by atoms with Crippen molar-refractivity contribution < 1.29 is 9.53 Å². The number of aryl methyl sites for hydroxylation is 1. The third-order valence-corrected chi connectivity index (χ3v) is 2.38. The smallest absolute Gasteiger partial charge is 0.358 e. The van der Waals surface area contributed by atoms with E-state index in [0.29, 0.717) is 5.69 Å². The first-order valence-electron chi connectivity index (χ1n) is 5.18. The number of aromatic nitrogens is 2. The molecule has 1 heterocycles.